The number of nitrogens with one attached hydrogen (secondary N) is 2. The minimum Gasteiger partial charge on any atom is -0.319 e. The molecule has 0 fully saturated rings. The minimum absolute atomic E-state index is 0.137. The Morgan fingerprint density at radius 3 is 2.50 bits per heavy atom. The molecule has 0 aliphatic rings. The van der Waals surface area contributed by atoms with Gasteiger partial charge in [0.1, 0.15) is 0 Å². The Kier molecular flexibility index (Phi) is 4.56. The molecule has 0 spiro atoms. The van der Waals surface area contributed by atoms with Crippen molar-refractivity contribution in [2.75, 3.05) is 5.32 Å². The lowest BCUT2D eigenvalue weighted by molar-refractivity contribution is -0.137. The first-order valence-electron chi connectivity index (χ1n) is 7.18. The normalized spacial score (nSPS) is 11.4. The molecular formula is C16H10ClF3N4O2. The first-order chi connectivity index (χ1) is 12.3. The predicted molar refractivity (Wildman–Crippen MR) is 88.6 cm³/mol. The van der Waals surface area contributed by atoms with Crippen molar-refractivity contribution in [1.29, 1.82) is 0 Å². The van der Waals surface area contributed by atoms with Gasteiger partial charge >= 0.3 is 11.9 Å². The number of carbonyl (C=O) groups excluding carboxylic acids is 1. The Hall–Kier alpha value is -3.07. The molecule has 3 aromatic rings. The molecule has 1 aromatic heterocycles. The summed E-state index contributed by atoms with van der Waals surface area (Å²) in [6.45, 7) is 0. The van der Waals surface area contributed by atoms with Gasteiger partial charge in [-0.1, -0.05) is 29.8 Å². The maximum atomic E-state index is 12.9. The van der Waals surface area contributed by atoms with Crippen molar-refractivity contribution in [3.05, 3.63) is 75.4 Å². The number of rotatable bonds is 3. The van der Waals surface area contributed by atoms with Crippen LogP contribution in [0.25, 0.3) is 5.69 Å². The number of H-pyrrole nitrogens is 1. The highest BCUT2D eigenvalue weighted by molar-refractivity contribution is 6.31. The fraction of sp³-hybridized carbons (Fsp3) is 0.0625. The Morgan fingerprint density at radius 1 is 1.15 bits per heavy atom. The number of halogens is 4. The number of hydrogen-bond acceptors (Lipinski definition) is 3. The van der Waals surface area contributed by atoms with Crippen molar-refractivity contribution >= 4 is 23.2 Å². The van der Waals surface area contributed by atoms with E-state index in [4.69, 9.17) is 11.6 Å². The quantitative estimate of drug-likeness (QED) is 0.727. The van der Waals surface area contributed by atoms with Gasteiger partial charge in [0.25, 0.3) is 5.91 Å². The Balaban J connectivity index is 1.87. The Labute approximate surface area is 149 Å². The molecule has 0 saturated heterocycles. The summed E-state index contributed by atoms with van der Waals surface area (Å²) in [7, 11) is 0. The van der Waals surface area contributed by atoms with Crippen LogP contribution in [-0.4, -0.2) is 20.7 Å². The van der Waals surface area contributed by atoms with Crippen LogP contribution in [-0.2, 0) is 6.18 Å². The topological polar surface area (TPSA) is 79.8 Å². The third kappa shape index (κ3) is 3.62. The van der Waals surface area contributed by atoms with E-state index in [9.17, 15) is 22.8 Å². The zero-order valence-corrected chi connectivity index (χ0v) is 13.6. The summed E-state index contributed by atoms with van der Waals surface area (Å²) in [6, 6.07) is 11.3. The molecule has 134 valence electrons. The molecule has 0 atom stereocenters. The summed E-state index contributed by atoms with van der Waals surface area (Å²) in [5, 5.41) is 5.61. The standard InChI is InChI=1S/C16H10ClF3N4O2/c17-12-7-6-9(8-11(12)16(18,19)20)21-14(25)13-22-15(26)24(23-13)10-4-2-1-3-5-10/h1-8H,(H,21,25)(H,22,23,26). The van der Waals surface area contributed by atoms with Gasteiger partial charge in [0.2, 0.25) is 5.82 Å². The summed E-state index contributed by atoms with van der Waals surface area (Å²) >= 11 is 5.53. The molecule has 0 aliphatic heterocycles. The number of carbonyl (C=O) groups is 1. The smallest absolute Gasteiger partial charge is 0.319 e. The zero-order chi connectivity index (χ0) is 18.9. The number of anilines is 1. The molecule has 6 nitrogen and oxygen atoms in total. The summed E-state index contributed by atoms with van der Waals surface area (Å²) in [4.78, 5) is 26.4. The number of hydrogen-bond donors (Lipinski definition) is 2. The van der Waals surface area contributed by atoms with Crippen LogP contribution in [0.2, 0.25) is 5.02 Å². The molecule has 1 amide bonds. The predicted octanol–water partition coefficient (Wildman–Crippen LogP) is 3.49. The number of nitrogens with zero attached hydrogens (tertiary/aromatic N) is 2. The van der Waals surface area contributed by atoms with Gasteiger partial charge in [0.15, 0.2) is 0 Å². The zero-order valence-electron chi connectivity index (χ0n) is 12.8. The highest BCUT2D eigenvalue weighted by atomic mass is 35.5. The van der Waals surface area contributed by atoms with Gasteiger partial charge in [0, 0.05) is 5.69 Å². The minimum atomic E-state index is -4.67. The fourth-order valence-electron chi connectivity index (χ4n) is 2.18. The molecule has 26 heavy (non-hydrogen) atoms. The molecule has 0 bridgehead atoms. The van der Waals surface area contributed by atoms with E-state index in [-0.39, 0.29) is 11.5 Å². The van der Waals surface area contributed by atoms with Crippen molar-refractivity contribution in [3.63, 3.8) is 0 Å². The first-order valence-corrected chi connectivity index (χ1v) is 7.56. The summed E-state index contributed by atoms with van der Waals surface area (Å²) in [5.41, 5.74) is -1.45. The van der Waals surface area contributed by atoms with Crippen LogP contribution < -0.4 is 11.0 Å². The van der Waals surface area contributed by atoms with Crippen molar-refractivity contribution in [2.24, 2.45) is 0 Å². The van der Waals surface area contributed by atoms with Crippen molar-refractivity contribution in [2.45, 2.75) is 6.18 Å². The second-order valence-corrected chi connectivity index (χ2v) is 5.58. The van der Waals surface area contributed by atoms with E-state index in [0.717, 1.165) is 10.7 Å². The second kappa shape index (κ2) is 6.68. The van der Waals surface area contributed by atoms with Gasteiger partial charge in [-0.05, 0) is 30.3 Å². The number of alkyl halides is 3. The van der Waals surface area contributed by atoms with E-state index < -0.39 is 28.4 Å². The number of aromatic nitrogens is 3. The molecule has 0 saturated carbocycles. The lowest BCUT2D eigenvalue weighted by Crippen LogP contribution is -2.16. The molecule has 2 aromatic carbocycles. The molecule has 2 N–H and O–H groups in total. The van der Waals surface area contributed by atoms with Crippen LogP contribution in [0.4, 0.5) is 18.9 Å². The number of benzene rings is 2. The first kappa shape index (κ1) is 17.7. The van der Waals surface area contributed by atoms with Gasteiger partial charge in [0.05, 0.1) is 16.3 Å². The fourth-order valence-corrected chi connectivity index (χ4v) is 2.41. The monoisotopic (exact) mass is 382 g/mol. The van der Waals surface area contributed by atoms with E-state index in [1.807, 2.05) is 0 Å². The highest BCUT2D eigenvalue weighted by Gasteiger charge is 2.33. The van der Waals surface area contributed by atoms with E-state index >= 15 is 0 Å². The largest absolute Gasteiger partial charge is 0.417 e. The lowest BCUT2D eigenvalue weighted by atomic mass is 10.2. The molecule has 10 heteroatoms. The average Bonchev–Trinajstić information content (AvgIpc) is 2.98. The molecule has 0 unspecified atom stereocenters. The van der Waals surface area contributed by atoms with E-state index in [0.29, 0.717) is 11.8 Å². The Bertz CT molecular complexity index is 1010. The number of aromatic amines is 1. The molecule has 1 heterocycles. The van der Waals surface area contributed by atoms with Crippen LogP contribution >= 0.6 is 11.6 Å². The van der Waals surface area contributed by atoms with Gasteiger partial charge in [-0.3, -0.25) is 9.78 Å². The van der Waals surface area contributed by atoms with Crippen LogP contribution in [0.1, 0.15) is 16.2 Å². The van der Waals surface area contributed by atoms with Gasteiger partial charge in [-0.15, -0.1) is 5.10 Å². The van der Waals surface area contributed by atoms with Gasteiger partial charge in [-0.2, -0.15) is 17.9 Å². The maximum absolute atomic E-state index is 12.9. The van der Waals surface area contributed by atoms with Crippen LogP contribution in [0, 0.1) is 0 Å². The number of amides is 1. The SMILES string of the molecule is O=C(Nc1ccc(Cl)c(C(F)(F)F)c1)c1nn(-c2ccccc2)c(=O)[nH]1. The van der Waals surface area contributed by atoms with Crippen LogP contribution in [0.15, 0.2) is 53.3 Å². The van der Waals surface area contributed by atoms with Crippen molar-refractivity contribution in [3.8, 4) is 5.69 Å². The van der Waals surface area contributed by atoms with E-state index in [1.54, 1.807) is 30.3 Å². The van der Waals surface area contributed by atoms with Crippen molar-refractivity contribution < 1.29 is 18.0 Å². The van der Waals surface area contributed by atoms with Gasteiger partial charge in [-0.25, -0.2) is 4.79 Å². The number of para-hydroxylation sites is 1. The second-order valence-electron chi connectivity index (χ2n) is 5.17. The lowest BCUT2D eigenvalue weighted by Gasteiger charge is -2.11. The van der Waals surface area contributed by atoms with Crippen molar-refractivity contribution in [1.82, 2.24) is 14.8 Å². The molecule has 3 rings (SSSR count). The van der Waals surface area contributed by atoms with Crippen LogP contribution in [0.5, 0.6) is 0 Å². The average molecular weight is 383 g/mol. The summed E-state index contributed by atoms with van der Waals surface area (Å²) in [6.07, 6.45) is -4.67. The molecule has 0 radical (unpaired) electrons. The van der Waals surface area contributed by atoms with E-state index in [2.05, 4.69) is 15.4 Å². The highest BCUT2D eigenvalue weighted by Crippen LogP contribution is 2.36. The molecular weight excluding hydrogens is 373 g/mol. The molecule has 0 aliphatic carbocycles. The summed E-state index contributed by atoms with van der Waals surface area (Å²) in [5.74, 6) is -1.21. The Morgan fingerprint density at radius 2 is 1.85 bits per heavy atom. The third-order valence-corrected chi connectivity index (χ3v) is 3.69. The van der Waals surface area contributed by atoms with Gasteiger partial charge < -0.3 is 5.32 Å². The maximum Gasteiger partial charge on any atom is 0.417 e. The van der Waals surface area contributed by atoms with Crippen LogP contribution in [0.3, 0.4) is 0 Å². The summed E-state index contributed by atoms with van der Waals surface area (Å²) < 4.78 is 39.6. The third-order valence-electron chi connectivity index (χ3n) is 3.36. The van der Waals surface area contributed by atoms with E-state index in [1.165, 1.54) is 6.07 Å².